The zero-order chi connectivity index (χ0) is 14.4. The number of carbonyl (C=O) groups excluding carboxylic acids is 1. The molecule has 2 N–H and O–H groups in total. The summed E-state index contributed by atoms with van der Waals surface area (Å²) in [6.45, 7) is 1.60. The molecule has 3 nitrogen and oxygen atoms in total. The Kier molecular flexibility index (Phi) is 4.91. The summed E-state index contributed by atoms with van der Waals surface area (Å²) >= 11 is 0. The van der Waals surface area contributed by atoms with Crippen molar-refractivity contribution < 1.29 is 9.90 Å². The van der Waals surface area contributed by atoms with Crippen molar-refractivity contribution in [2.24, 2.45) is 0 Å². The summed E-state index contributed by atoms with van der Waals surface area (Å²) in [5.41, 5.74) is 3.22. The molecule has 0 aromatic heterocycles. The van der Waals surface area contributed by atoms with Gasteiger partial charge in [-0.05, 0) is 36.6 Å². The second-order valence-corrected chi connectivity index (χ2v) is 4.96. The van der Waals surface area contributed by atoms with Crippen LogP contribution in [0, 0.1) is 0 Å². The number of rotatable bonds is 5. The Hall–Kier alpha value is -2.13. The average molecular weight is 269 g/mol. The Labute approximate surface area is 119 Å². The van der Waals surface area contributed by atoms with E-state index in [1.54, 1.807) is 6.92 Å². The van der Waals surface area contributed by atoms with Crippen molar-refractivity contribution in [3.8, 4) is 0 Å². The molecule has 2 rings (SSSR count). The number of aliphatic hydroxyl groups excluding tert-OH is 1. The van der Waals surface area contributed by atoms with Gasteiger partial charge >= 0.3 is 0 Å². The third-order valence-corrected chi connectivity index (χ3v) is 2.97. The number of hydrogen-bond donors (Lipinski definition) is 2. The summed E-state index contributed by atoms with van der Waals surface area (Å²) in [6.07, 6.45) is 0.376. The highest BCUT2D eigenvalue weighted by Crippen LogP contribution is 2.14. The van der Waals surface area contributed by atoms with Crippen LogP contribution in [0.15, 0.2) is 54.6 Å². The van der Waals surface area contributed by atoms with Gasteiger partial charge in [0.2, 0.25) is 5.91 Å². The Bertz CT molecular complexity index is 547. The molecule has 0 bridgehead atoms. The van der Waals surface area contributed by atoms with E-state index < -0.39 is 6.10 Å². The minimum absolute atomic E-state index is 0.117. The summed E-state index contributed by atoms with van der Waals surface area (Å²) in [6, 6.07) is 18.0. The molecule has 20 heavy (non-hydrogen) atoms. The molecule has 0 aliphatic rings. The van der Waals surface area contributed by atoms with Gasteiger partial charge in [0.1, 0.15) is 0 Å². The molecule has 0 spiro atoms. The van der Waals surface area contributed by atoms with Crippen LogP contribution in [0.5, 0.6) is 0 Å². The predicted octanol–water partition coefficient (Wildman–Crippen LogP) is 2.99. The van der Waals surface area contributed by atoms with Crippen LogP contribution >= 0.6 is 0 Å². The largest absolute Gasteiger partial charge is 0.393 e. The van der Waals surface area contributed by atoms with E-state index in [1.165, 1.54) is 11.1 Å². The van der Waals surface area contributed by atoms with Crippen molar-refractivity contribution in [2.45, 2.75) is 25.9 Å². The van der Waals surface area contributed by atoms with Gasteiger partial charge in [-0.3, -0.25) is 4.79 Å². The van der Waals surface area contributed by atoms with Crippen molar-refractivity contribution in [3.63, 3.8) is 0 Å². The lowest BCUT2D eigenvalue weighted by Crippen LogP contribution is -2.17. The van der Waals surface area contributed by atoms with Crippen LogP contribution in [0.4, 0.5) is 5.69 Å². The molecule has 0 heterocycles. The lowest BCUT2D eigenvalue weighted by atomic mass is 10.0. The van der Waals surface area contributed by atoms with E-state index in [0.717, 1.165) is 12.1 Å². The number of aliphatic hydroxyl groups is 1. The Morgan fingerprint density at radius 3 is 2.25 bits per heavy atom. The smallest absolute Gasteiger partial charge is 0.226 e. The van der Waals surface area contributed by atoms with Gasteiger partial charge in [0.25, 0.3) is 0 Å². The lowest BCUT2D eigenvalue weighted by molar-refractivity contribution is -0.117. The predicted molar refractivity (Wildman–Crippen MR) is 80.6 cm³/mol. The normalized spacial score (nSPS) is 11.9. The van der Waals surface area contributed by atoms with Crippen LogP contribution in [-0.4, -0.2) is 17.1 Å². The zero-order valence-corrected chi connectivity index (χ0v) is 11.5. The van der Waals surface area contributed by atoms with Gasteiger partial charge in [-0.2, -0.15) is 0 Å². The van der Waals surface area contributed by atoms with Crippen LogP contribution in [0.1, 0.15) is 24.5 Å². The maximum absolute atomic E-state index is 11.5. The van der Waals surface area contributed by atoms with Crippen LogP contribution in [0.3, 0.4) is 0 Å². The number of benzene rings is 2. The molecule has 1 amide bonds. The molecule has 1 unspecified atom stereocenters. The lowest BCUT2D eigenvalue weighted by Gasteiger charge is -2.08. The summed E-state index contributed by atoms with van der Waals surface area (Å²) in [5, 5.41) is 11.9. The number of carbonyl (C=O) groups is 1. The zero-order valence-electron chi connectivity index (χ0n) is 11.5. The third kappa shape index (κ3) is 4.52. The molecule has 1 atom stereocenters. The Morgan fingerprint density at radius 2 is 1.65 bits per heavy atom. The molecule has 104 valence electrons. The molecule has 2 aromatic carbocycles. The minimum atomic E-state index is -0.618. The van der Waals surface area contributed by atoms with Gasteiger partial charge in [-0.15, -0.1) is 0 Å². The van der Waals surface area contributed by atoms with Crippen molar-refractivity contribution in [1.82, 2.24) is 0 Å². The minimum Gasteiger partial charge on any atom is -0.393 e. The summed E-state index contributed by atoms with van der Waals surface area (Å²) < 4.78 is 0. The van der Waals surface area contributed by atoms with E-state index >= 15 is 0 Å². The fourth-order valence-electron chi connectivity index (χ4n) is 2.02. The topological polar surface area (TPSA) is 49.3 Å². The maximum Gasteiger partial charge on any atom is 0.226 e. The van der Waals surface area contributed by atoms with E-state index in [-0.39, 0.29) is 12.3 Å². The number of nitrogens with one attached hydrogen (secondary N) is 1. The molecular formula is C17H19NO2. The van der Waals surface area contributed by atoms with Gasteiger partial charge in [0.05, 0.1) is 12.5 Å². The fourth-order valence-corrected chi connectivity index (χ4v) is 2.02. The third-order valence-electron chi connectivity index (χ3n) is 2.97. The summed E-state index contributed by atoms with van der Waals surface area (Å²) in [4.78, 5) is 11.5. The van der Waals surface area contributed by atoms with Crippen molar-refractivity contribution in [2.75, 3.05) is 5.32 Å². The Balaban J connectivity index is 1.94. The van der Waals surface area contributed by atoms with Crippen molar-refractivity contribution in [1.29, 1.82) is 0 Å². The highest BCUT2D eigenvalue weighted by Gasteiger charge is 2.06. The molecule has 0 radical (unpaired) electrons. The molecule has 3 heteroatoms. The molecule has 0 saturated carbocycles. The molecule has 2 aromatic rings. The number of anilines is 1. The van der Waals surface area contributed by atoms with E-state index in [4.69, 9.17) is 5.11 Å². The quantitative estimate of drug-likeness (QED) is 0.876. The standard InChI is InChI=1S/C17H19NO2/c1-13(19)11-17(20)18-16-9-7-15(8-10-16)12-14-5-3-2-4-6-14/h2-10,13,19H,11-12H2,1H3,(H,18,20). The van der Waals surface area contributed by atoms with Gasteiger partial charge in [-0.25, -0.2) is 0 Å². The van der Waals surface area contributed by atoms with E-state index in [1.807, 2.05) is 42.5 Å². The van der Waals surface area contributed by atoms with Crippen LogP contribution < -0.4 is 5.32 Å². The monoisotopic (exact) mass is 269 g/mol. The van der Waals surface area contributed by atoms with Crippen molar-refractivity contribution >= 4 is 11.6 Å². The van der Waals surface area contributed by atoms with Crippen LogP contribution in [-0.2, 0) is 11.2 Å². The molecule has 0 aliphatic carbocycles. The van der Waals surface area contributed by atoms with Crippen LogP contribution in [0.25, 0.3) is 0 Å². The SMILES string of the molecule is CC(O)CC(=O)Nc1ccc(Cc2ccccc2)cc1. The van der Waals surface area contributed by atoms with Crippen LogP contribution in [0.2, 0.25) is 0 Å². The van der Waals surface area contributed by atoms with E-state index in [9.17, 15) is 4.79 Å². The number of hydrogen-bond acceptors (Lipinski definition) is 2. The first-order valence-corrected chi connectivity index (χ1v) is 6.74. The maximum atomic E-state index is 11.5. The second kappa shape index (κ2) is 6.87. The highest BCUT2D eigenvalue weighted by atomic mass is 16.3. The molecule has 0 fully saturated rings. The first kappa shape index (κ1) is 14.3. The highest BCUT2D eigenvalue weighted by molar-refractivity contribution is 5.90. The average Bonchev–Trinajstić information content (AvgIpc) is 2.41. The number of amides is 1. The summed E-state index contributed by atoms with van der Waals surface area (Å²) in [5.74, 6) is -0.171. The van der Waals surface area contributed by atoms with Crippen molar-refractivity contribution in [3.05, 3.63) is 65.7 Å². The van der Waals surface area contributed by atoms with Gasteiger partial charge in [0.15, 0.2) is 0 Å². The second-order valence-electron chi connectivity index (χ2n) is 4.96. The summed E-state index contributed by atoms with van der Waals surface area (Å²) in [7, 11) is 0. The Morgan fingerprint density at radius 1 is 1.05 bits per heavy atom. The first-order valence-electron chi connectivity index (χ1n) is 6.74. The fraction of sp³-hybridized carbons (Fsp3) is 0.235. The van der Waals surface area contributed by atoms with Gasteiger partial charge in [0, 0.05) is 5.69 Å². The molecular weight excluding hydrogens is 250 g/mol. The molecule has 0 aliphatic heterocycles. The first-order chi connectivity index (χ1) is 9.63. The van der Waals surface area contributed by atoms with E-state index in [0.29, 0.717) is 0 Å². The van der Waals surface area contributed by atoms with Gasteiger partial charge in [-0.1, -0.05) is 42.5 Å². The van der Waals surface area contributed by atoms with E-state index in [2.05, 4.69) is 17.4 Å². The molecule has 0 saturated heterocycles. The van der Waals surface area contributed by atoms with Gasteiger partial charge < -0.3 is 10.4 Å².